The van der Waals surface area contributed by atoms with Crippen LogP contribution in [0.3, 0.4) is 0 Å². The van der Waals surface area contributed by atoms with Crippen LogP contribution >= 0.6 is 0 Å². The predicted octanol–water partition coefficient (Wildman–Crippen LogP) is 12.1. The van der Waals surface area contributed by atoms with E-state index in [-0.39, 0.29) is 0 Å². The van der Waals surface area contributed by atoms with E-state index in [1.807, 2.05) is 0 Å². The second-order valence-electron chi connectivity index (χ2n) is 12.3. The molecule has 0 heterocycles. The van der Waals surface area contributed by atoms with Crippen molar-refractivity contribution in [2.75, 3.05) is 0 Å². The smallest absolute Gasteiger partial charge is 0.0103 e. The summed E-state index contributed by atoms with van der Waals surface area (Å²) in [6, 6.07) is 51.0. The third-order valence-corrected chi connectivity index (χ3v) is 8.54. The van der Waals surface area contributed by atoms with Crippen LogP contribution in [0.4, 0.5) is 0 Å². The summed E-state index contributed by atoms with van der Waals surface area (Å²) in [6.45, 7) is 10.8. The molecule has 6 aromatic carbocycles. The van der Waals surface area contributed by atoms with E-state index in [0.29, 0.717) is 0 Å². The Bertz CT molecular complexity index is 1920. The van der Waals surface area contributed by atoms with Crippen molar-refractivity contribution in [3.8, 4) is 11.1 Å². The maximum Gasteiger partial charge on any atom is -0.0103 e. The quantitative estimate of drug-likeness (QED) is 0.165. The first-order valence-corrected chi connectivity index (χ1v) is 15.7. The minimum atomic E-state index is 1.19. The van der Waals surface area contributed by atoms with Gasteiger partial charge in [0.05, 0.1) is 0 Å². The summed E-state index contributed by atoms with van der Waals surface area (Å²) in [6.07, 6.45) is 4.62. The molecule has 0 atom stereocenters. The van der Waals surface area contributed by atoms with E-state index in [1.165, 1.54) is 83.5 Å². The average molecular weight is 581 g/mol. The number of hydrogen-bond donors (Lipinski definition) is 0. The van der Waals surface area contributed by atoms with Gasteiger partial charge < -0.3 is 0 Å². The first-order valence-electron chi connectivity index (χ1n) is 15.7. The maximum atomic E-state index is 2.32. The molecule has 0 spiro atoms. The maximum absolute atomic E-state index is 2.32. The molecule has 0 aliphatic rings. The molecule has 0 amide bonds. The van der Waals surface area contributed by atoms with Gasteiger partial charge in [0.1, 0.15) is 0 Å². The highest BCUT2D eigenvalue weighted by Gasteiger charge is 2.10. The van der Waals surface area contributed by atoms with E-state index in [4.69, 9.17) is 0 Å². The van der Waals surface area contributed by atoms with Crippen LogP contribution in [-0.4, -0.2) is 0 Å². The van der Waals surface area contributed by atoms with Crippen LogP contribution in [0, 0.1) is 34.6 Å². The van der Waals surface area contributed by atoms with E-state index in [0.717, 1.165) is 0 Å². The van der Waals surface area contributed by atoms with Crippen LogP contribution in [0.15, 0.2) is 140 Å². The SMILES string of the molecule is Cc1ccc(C(=Cc2ccc(-c3ccc(C=C(c4ccc(C)cc4)c4ccc(C)cc4C)cc3)cc2)c2ccc(C)cc2)cc1. The highest BCUT2D eigenvalue weighted by molar-refractivity contribution is 5.93. The van der Waals surface area contributed by atoms with Crippen LogP contribution in [0.1, 0.15) is 61.2 Å². The van der Waals surface area contributed by atoms with Gasteiger partial charge in [0.25, 0.3) is 0 Å². The summed E-state index contributed by atoms with van der Waals surface area (Å²) in [5, 5.41) is 0. The van der Waals surface area contributed by atoms with Crippen molar-refractivity contribution in [1.82, 2.24) is 0 Å². The Kier molecular flexibility index (Phi) is 8.76. The summed E-state index contributed by atoms with van der Waals surface area (Å²) in [4.78, 5) is 0. The summed E-state index contributed by atoms with van der Waals surface area (Å²) in [7, 11) is 0. The van der Waals surface area contributed by atoms with Gasteiger partial charge in [-0.3, -0.25) is 0 Å². The molecule has 0 fully saturated rings. The molecule has 45 heavy (non-hydrogen) atoms. The first kappa shape index (κ1) is 29.9. The minimum Gasteiger partial charge on any atom is -0.0587 e. The Morgan fingerprint density at radius 1 is 0.356 bits per heavy atom. The number of hydrogen-bond acceptors (Lipinski definition) is 0. The van der Waals surface area contributed by atoms with Crippen molar-refractivity contribution in [3.63, 3.8) is 0 Å². The molecule has 0 aliphatic carbocycles. The molecule has 0 unspecified atom stereocenters. The standard InChI is InChI=1S/C45H40/c1-31-6-17-40(18-7-31)44(41-19-8-32(2)9-20-41)29-36-13-23-38(24-14-36)39-25-15-37(16-26-39)30-45(42-21-10-33(3)11-22-42)43-27-12-34(4)28-35(43)5/h6-30H,1-5H3. The fourth-order valence-electron chi connectivity index (χ4n) is 5.84. The molecule has 6 aromatic rings. The molecule has 0 saturated carbocycles. The third-order valence-electron chi connectivity index (χ3n) is 8.54. The van der Waals surface area contributed by atoms with Crippen LogP contribution in [-0.2, 0) is 0 Å². The van der Waals surface area contributed by atoms with E-state index < -0.39 is 0 Å². The zero-order valence-corrected chi connectivity index (χ0v) is 26.9. The van der Waals surface area contributed by atoms with Crippen molar-refractivity contribution >= 4 is 23.3 Å². The highest BCUT2D eigenvalue weighted by atomic mass is 14.1. The van der Waals surface area contributed by atoms with Gasteiger partial charge >= 0.3 is 0 Å². The van der Waals surface area contributed by atoms with Gasteiger partial charge in [0, 0.05) is 0 Å². The molecule has 0 aliphatic heterocycles. The van der Waals surface area contributed by atoms with Crippen LogP contribution in [0.5, 0.6) is 0 Å². The molecule has 6 rings (SSSR count). The molecule has 0 radical (unpaired) electrons. The second-order valence-corrected chi connectivity index (χ2v) is 12.3. The number of rotatable bonds is 7. The van der Waals surface area contributed by atoms with Crippen LogP contribution in [0.2, 0.25) is 0 Å². The van der Waals surface area contributed by atoms with E-state index >= 15 is 0 Å². The predicted molar refractivity (Wildman–Crippen MR) is 195 cm³/mol. The van der Waals surface area contributed by atoms with Crippen LogP contribution in [0.25, 0.3) is 34.4 Å². The monoisotopic (exact) mass is 580 g/mol. The molecule has 220 valence electrons. The van der Waals surface area contributed by atoms with Crippen molar-refractivity contribution in [3.05, 3.63) is 201 Å². The number of aryl methyl sites for hydroxylation is 5. The topological polar surface area (TPSA) is 0 Å². The van der Waals surface area contributed by atoms with E-state index in [9.17, 15) is 0 Å². The minimum absolute atomic E-state index is 1.19. The lowest BCUT2D eigenvalue weighted by atomic mass is 9.91. The summed E-state index contributed by atoms with van der Waals surface area (Å²) >= 11 is 0. The van der Waals surface area contributed by atoms with E-state index in [2.05, 4.69) is 186 Å². The third kappa shape index (κ3) is 7.14. The summed E-state index contributed by atoms with van der Waals surface area (Å²) in [5.74, 6) is 0. The summed E-state index contributed by atoms with van der Waals surface area (Å²) in [5.41, 5.74) is 18.6. The first-order chi connectivity index (χ1) is 21.8. The highest BCUT2D eigenvalue weighted by Crippen LogP contribution is 2.31. The molecule has 0 N–H and O–H groups in total. The fraction of sp³-hybridized carbons (Fsp3) is 0.111. The Morgan fingerprint density at radius 3 is 1.11 bits per heavy atom. The normalized spacial score (nSPS) is 11.4. The zero-order valence-electron chi connectivity index (χ0n) is 26.9. The fourth-order valence-corrected chi connectivity index (χ4v) is 5.84. The van der Waals surface area contributed by atoms with Gasteiger partial charge in [-0.25, -0.2) is 0 Å². The average Bonchev–Trinajstić information content (AvgIpc) is 3.05. The Balaban J connectivity index is 1.30. The molecule has 0 heteroatoms. The molecule has 0 saturated heterocycles. The molecule has 0 nitrogen and oxygen atoms in total. The van der Waals surface area contributed by atoms with Gasteiger partial charge in [-0.15, -0.1) is 0 Å². The van der Waals surface area contributed by atoms with Crippen molar-refractivity contribution in [2.45, 2.75) is 34.6 Å². The lowest BCUT2D eigenvalue weighted by molar-refractivity contribution is 1.35. The van der Waals surface area contributed by atoms with Crippen LogP contribution < -0.4 is 0 Å². The van der Waals surface area contributed by atoms with Crippen molar-refractivity contribution in [2.24, 2.45) is 0 Å². The van der Waals surface area contributed by atoms with Crippen molar-refractivity contribution < 1.29 is 0 Å². The zero-order chi connectivity index (χ0) is 31.3. The molecular formula is C45H40. The molecular weight excluding hydrogens is 540 g/mol. The number of benzene rings is 6. The Morgan fingerprint density at radius 2 is 0.711 bits per heavy atom. The Hall–Kier alpha value is -5.20. The second kappa shape index (κ2) is 13.2. The van der Waals surface area contributed by atoms with Gasteiger partial charge in [-0.2, -0.15) is 0 Å². The Labute approximate surface area is 269 Å². The molecule has 0 bridgehead atoms. The van der Waals surface area contributed by atoms with Crippen molar-refractivity contribution in [1.29, 1.82) is 0 Å². The largest absolute Gasteiger partial charge is 0.0587 e. The lowest BCUT2D eigenvalue weighted by Gasteiger charge is -2.13. The van der Waals surface area contributed by atoms with Gasteiger partial charge in [0.15, 0.2) is 0 Å². The van der Waals surface area contributed by atoms with Gasteiger partial charge in [-0.1, -0.05) is 162 Å². The van der Waals surface area contributed by atoms with Gasteiger partial charge in [-0.05, 0) is 108 Å². The van der Waals surface area contributed by atoms with E-state index in [1.54, 1.807) is 0 Å². The molecule has 0 aromatic heterocycles. The summed E-state index contributed by atoms with van der Waals surface area (Å²) < 4.78 is 0. The van der Waals surface area contributed by atoms with Gasteiger partial charge in [0.2, 0.25) is 0 Å². The lowest BCUT2D eigenvalue weighted by Crippen LogP contribution is -1.93.